The van der Waals surface area contributed by atoms with Gasteiger partial charge in [-0.1, -0.05) is 18.7 Å². The molecule has 8 nitrogen and oxygen atoms in total. The molecule has 0 unspecified atom stereocenters. The zero-order valence-corrected chi connectivity index (χ0v) is 17.3. The van der Waals surface area contributed by atoms with E-state index in [1.165, 1.54) is 36.4 Å². The predicted molar refractivity (Wildman–Crippen MR) is 115 cm³/mol. The van der Waals surface area contributed by atoms with Gasteiger partial charge < -0.3 is 9.47 Å². The molecule has 9 heteroatoms. The molecule has 1 heterocycles. The number of anilines is 1. The van der Waals surface area contributed by atoms with Crippen molar-refractivity contribution in [2.24, 2.45) is 10.2 Å². The second kappa shape index (κ2) is 8.52. The summed E-state index contributed by atoms with van der Waals surface area (Å²) in [4.78, 5) is 12.9. The molecule has 0 radical (unpaired) electrons. The van der Waals surface area contributed by atoms with Crippen molar-refractivity contribution in [3.63, 3.8) is 0 Å². The van der Waals surface area contributed by atoms with Crippen LogP contribution in [0.2, 0.25) is 0 Å². The van der Waals surface area contributed by atoms with Crippen molar-refractivity contribution in [2.45, 2.75) is 11.8 Å². The molecule has 30 heavy (non-hydrogen) atoms. The molecule has 1 aliphatic heterocycles. The molecule has 0 saturated carbocycles. The highest BCUT2D eigenvalue weighted by Gasteiger charge is 2.29. The summed E-state index contributed by atoms with van der Waals surface area (Å²) in [5, 5.41) is 10.6. The molecule has 2 aromatic rings. The fourth-order valence-electron chi connectivity index (χ4n) is 2.84. The number of methoxy groups -OCH3 is 1. The molecule has 2 N–H and O–H groups in total. The Bertz CT molecular complexity index is 1150. The quantitative estimate of drug-likeness (QED) is 0.539. The van der Waals surface area contributed by atoms with E-state index in [1.54, 1.807) is 37.3 Å². The number of sulfonamides is 1. The lowest BCUT2D eigenvalue weighted by Crippen LogP contribution is -2.21. The van der Waals surface area contributed by atoms with Gasteiger partial charge in [-0.15, -0.1) is 0 Å². The Balaban J connectivity index is 1.88. The maximum Gasteiger partial charge on any atom is 0.280 e. The first-order chi connectivity index (χ1) is 14.2. The van der Waals surface area contributed by atoms with Crippen molar-refractivity contribution in [2.75, 3.05) is 18.7 Å². The number of nitrogens with zero attached hydrogens (tertiary/aromatic N) is 2. The van der Waals surface area contributed by atoms with Gasteiger partial charge in [-0.25, -0.2) is 13.6 Å². The minimum atomic E-state index is -3.81. The number of hydrazone groups is 1. The number of carbonyl (C=O) groups is 1. The van der Waals surface area contributed by atoms with Crippen molar-refractivity contribution >= 4 is 33.4 Å². The van der Waals surface area contributed by atoms with Crippen LogP contribution >= 0.6 is 0 Å². The zero-order chi connectivity index (χ0) is 21.9. The Kier molecular flexibility index (Phi) is 6.04. The maximum atomic E-state index is 12.9. The van der Waals surface area contributed by atoms with E-state index in [4.69, 9.17) is 14.6 Å². The Morgan fingerprint density at radius 2 is 1.87 bits per heavy atom. The van der Waals surface area contributed by atoms with Crippen molar-refractivity contribution in [1.29, 1.82) is 0 Å². The molecular formula is C21H21N3O5S. The van der Waals surface area contributed by atoms with Crippen LogP contribution in [0.1, 0.15) is 12.5 Å². The Hall–Kier alpha value is -3.43. The molecule has 2 aromatic carbocycles. The summed E-state index contributed by atoms with van der Waals surface area (Å²) in [6, 6.07) is 10.9. The number of rotatable bonds is 7. The fraction of sp³-hybridized carbons (Fsp3) is 0.143. The van der Waals surface area contributed by atoms with Gasteiger partial charge in [-0.05, 0) is 55.0 Å². The summed E-state index contributed by atoms with van der Waals surface area (Å²) in [7, 11) is -2.28. The van der Waals surface area contributed by atoms with E-state index in [9.17, 15) is 13.2 Å². The summed E-state index contributed by atoms with van der Waals surface area (Å²) in [6.07, 6.45) is 3.34. The second-order valence-corrected chi connectivity index (χ2v) is 7.97. The Labute approximate surface area is 175 Å². The molecule has 1 amide bonds. The van der Waals surface area contributed by atoms with Crippen LogP contribution in [0.3, 0.4) is 0 Å². The van der Waals surface area contributed by atoms with Crippen LogP contribution < -0.4 is 19.6 Å². The van der Waals surface area contributed by atoms with E-state index in [0.29, 0.717) is 35.1 Å². The minimum absolute atomic E-state index is 0.0415. The highest BCUT2D eigenvalue weighted by atomic mass is 32.2. The van der Waals surface area contributed by atoms with Gasteiger partial charge in [-0.3, -0.25) is 4.79 Å². The maximum absolute atomic E-state index is 12.9. The molecule has 3 rings (SSSR count). The summed E-state index contributed by atoms with van der Waals surface area (Å²) < 4.78 is 33.7. The molecule has 0 aromatic heterocycles. The van der Waals surface area contributed by atoms with Gasteiger partial charge in [0.15, 0.2) is 11.5 Å². The molecule has 0 spiro atoms. The van der Waals surface area contributed by atoms with Gasteiger partial charge in [0.2, 0.25) is 10.0 Å². The normalized spacial score (nSPS) is 15.3. The van der Waals surface area contributed by atoms with Crippen molar-refractivity contribution in [3.8, 4) is 11.5 Å². The largest absolute Gasteiger partial charge is 0.493 e. The van der Waals surface area contributed by atoms with Crippen LogP contribution in [0.5, 0.6) is 11.5 Å². The van der Waals surface area contributed by atoms with Gasteiger partial charge in [0.05, 0.1) is 29.0 Å². The third-order valence-corrected chi connectivity index (χ3v) is 5.26. The summed E-state index contributed by atoms with van der Waals surface area (Å²) in [5.41, 5.74) is 2.11. The number of ether oxygens (including phenoxy) is 2. The van der Waals surface area contributed by atoms with Crippen LogP contribution in [-0.4, -0.2) is 33.8 Å². The molecule has 156 valence electrons. The first-order valence-corrected chi connectivity index (χ1v) is 10.5. The number of primary sulfonamides is 1. The number of hydrogen-bond acceptors (Lipinski definition) is 6. The molecule has 0 bridgehead atoms. The predicted octanol–water partition coefficient (Wildman–Crippen LogP) is 2.71. The summed E-state index contributed by atoms with van der Waals surface area (Å²) >= 11 is 0. The molecular weight excluding hydrogens is 406 g/mol. The Morgan fingerprint density at radius 1 is 1.17 bits per heavy atom. The first kappa shape index (κ1) is 21.3. The topological polar surface area (TPSA) is 111 Å². The van der Waals surface area contributed by atoms with Crippen LogP contribution in [0.15, 0.2) is 70.7 Å². The van der Waals surface area contributed by atoms with Gasteiger partial charge in [0.25, 0.3) is 5.91 Å². The van der Waals surface area contributed by atoms with Crippen LogP contribution in [0, 0.1) is 0 Å². The lowest BCUT2D eigenvalue weighted by molar-refractivity contribution is -0.114. The second-order valence-electron chi connectivity index (χ2n) is 6.41. The van der Waals surface area contributed by atoms with Crippen LogP contribution in [-0.2, 0) is 14.8 Å². The third kappa shape index (κ3) is 4.42. The smallest absolute Gasteiger partial charge is 0.280 e. The molecule has 0 fully saturated rings. The number of amides is 1. The Morgan fingerprint density at radius 3 is 2.47 bits per heavy atom. The fourth-order valence-corrected chi connectivity index (χ4v) is 3.36. The molecule has 0 saturated heterocycles. The van der Waals surface area contributed by atoms with Crippen molar-refractivity contribution in [1.82, 2.24) is 0 Å². The van der Waals surface area contributed by atoms with Gasteiger partial charge in [-0.2, -0.15) is 10.1 Å². The van der Waals surface area contributed by atoms with Gasteiger partial charge >= 0.3 is 0 Å². The van der Waals surface area contributed by atoms with Gasteiger partial charge in [0, 0.05) is 0 Å². The number of hydrogen-bond donors (Lipinski definition) is 1. The third-order valence-electron chi connectivity index (χ3n) is 4.33. The monoisotopic (exact) mass is 427 g/mol. The SMILES string of the molecule is C=CCOc1ccc(/C=C2/C(=O)N(c3ccc(S(N)(=O)=O)cc3)N=C2C)cc1OC. The summed E-state index contributed by atoms with van der Waals surface area (Å²) in [6.45, 7) is 5.69. The average molecular weight is 427 g/mol. The van der Waals surface area contributed by atoms with Crippen LogP contribution in [0.4, 0.5) is 5.69 Å². The van der Waals surface area contributed by atoms with E-state index in [-0.39, 0.29) is 10.8 Å². The highest BCUT2D eigenvalue weighted by Crippen LogP contribution is 2.31. The highest BCUT2D eigenvalue weighted by molar-refractivity contribution is 7.89. The number of carbonyl (C=O) groups excluding carboxylic acids is 1. The zero-order valence-electron chi connectivity index (χ0n) is 16.5. The van der Waals surface area contributed by atoms with Crippen molar-refractivity contribution in [3.05, 3.63) is 66.3 Å². The minimum Gasteiger partial charge on any atom is -0.493 e. The molecule has 0 atom stereocenters. The van der Waals surface area contributed by atoms with E-state index >= 15 is 0 Å². The van der Waals surface area contributed by atoms with E-state index in [1.807, 2.05) is 0 Å². The van der Waals surface area contributed by atoms with E-state index < -0.39 is 10.0 Å². The summed E-state index contributed by atoms with van der Waals surface area (Å²) in [5.74, 6) is 0.766. The lowest BCUT2D eigenvalue weighted by Gasteiger charge is -2.12. The lowest BCUT2D eigenvalue weighted by atomic mass is 10.1. The van der Waals surface area contributed by atoms with Gasteiger partial charge in [0.1, 0.15) is 6.61 Å². The van der Waals surface area contributed by atoms with E-state index in [2.05, 4.69) is 11.7 Å². The molecule has 1 aliphatic rings. The number of nitrogens with two attached hydrogens (primary N) is 1. The standard InChI is InChI=1S/C21H21N3O5S/c1-4-11-29-19-10-5-15(13-20(19)28-3)12-18-14(2)23-24(21(18)25)16-6-8-17(9-7-16)30(22,26)27/h4-10,12-13H,1,11H2,2-3H3,(H2,22,26,27)/b18-12+. The van der Waals surface area contributed by atoms with Crippen molar-refractivity contribution < 1.29 is 22.7 Å². The van der Waals surface area contributed by atoms with Crippen LogP contribution in [0.25, 0.3) is 6.08 Å². The first-order valence-electron chi connectivity index (χ1n) is 8.91. The average Bonchev–Trinajstić information content (AvgIpc) is 3.00. The number of benzene rings is 2. The molecule has 0 aliphatic carbocycles. The van der Waals surface area contributed by atoms with E-state index in [0.717, 1.165) is 5.56 Å².